The van der Waals surface area contributed by atoms with Gasteiger partial charge in [-0.3, -0.25) is 9.59 Å². The average Bonchev–Trinajstić information content (AvgIpc) is 3.38. The fraction of sp³-hybridized carbons (Fsp3) is 0.0500. The van der Waals surface area contributed by atoms with Crippen molar-refractivity contribution in [3.05, 3.63) is 87.6 Å². The van der Waals surface area contributed by atoms with Gasteiger partial charge in [-0.1, -0.05) is 17.7 Å². The summed E-state index contributed by atoms with van der Waals surface area (Å²) in [4.78, 5) is 26.5. The number of rotatable bonds is 4. The summed E-state index contributed by atoms with van der Waals surface area (Å²) in [7, 11) is 0. The molecular weight excluding hydrogens is 437 g/mol. The number of aromatic nitrogens is 3. The monoisotopic (exact) mass is 448 g/mol. The van der Waals surface area contributed by atoms with Gasteiger partial charge >= 0.3 is 6.18 Å². The summed E-state index contributed by atoms with van der Waals surface area (Å²) >= 11 is 6.04. The largest absolute Gasteiger partial charge is 0.463 e. The molecule has 0 spiro atoms. The molecule has 4 aromatic rings. The summed E-state index contributed by atoms with van der Waals surface area (Å²) < 4.78 is 45.6. The Morgan fingerprint density at radius 1 is 1.16 bits per heavy atom. The van der Waals surface area contributed by atoms with Crippen LogP contribution in [0.1, 0.15) is 16.1 Å². The van der Waals surface area contributed by atoms with Crippen LogP contribution in [0.5, 0.6) is 0 Å². The van der Waals surface area contributed by atoms with Gasteiger partial charge in [-0.2, -0.15) is 18.3 Å². The summed E-state index contributed by atoms with van der Waals surface area (Å²) in [5.41, 5.74) is -1.78. The van der Waals surface area contributed by atoms with Crippen LogP contribution in [0, 0.1) is 0 Å². The lowest BCUT2D eigenvalue weighted by molar-refractivity contribution is -0.137. The fourth-order valence-electron chi connectivity index (χ4n) is 2.82. The van der Waals surface area contributed by atoms with Crippen LogP contribution in [0.4, 0.5) is 18.9 Å². The van der Waals surface area contributed by atoms with Crippen LogP contribution >= 0.6 is 11.6 Å². The Morgan fingerprint density at radius 2 is 1.97 bits per heavy atom. The molecule has 0 aliphatic rings. The van der Waals surface area contributed by atoms with Crippen molar-refractivity contribution in [2.45, 2.75) is 6.18 Å². The van der Waals surface area contributed by atoms with E-state index >= 15 is 0 Å². The molecule has 0 atom stereocenters. The van der Waals surface area contributed by atoms with E-state index in [0.717, 1.165) is 0 Å². The van der Waals surface area contributed by atoms with Crippen LogP contribution in [0.3, 0.4) is 0 Å². The Hall–Kier alpha value is -3.79. The zero-order valence-corrected chi connectivity index (χ0v) is 16.2. The third-order valence-corrected chi connectivity index (χ3v) is 4.48. The molecule has 3 heterocycles. The molecule has 1 amide bonds. The molecule has 0 bridgehead atoms. The number of alkyl halides is 3. The van der Waals surface area contributed by atoms with Crippen LogP contribution < -0.4 is 10.9 Å². The molecule has 4 rings (SSSR count). The number of furan rings is 1. The van der Waals surface area contributed by atoms with Crippen molar-refractivity contribution in [1.29, 1.82) is 0 Å². The summed E-state index contributed by atoms with van der Waals surface area (Å²) in [6.07, 6.45) is -2.72. The second-order valence-electron chi connectivity index (χ2n) is 6.37. The van der Waals surface area contributed by atoms with E-state index in [1.165, 1.54) is 17.0 Å². The Balaban J connectivity index is 1.73. The molecule has 158 valence electrons. The van der Waals surface area contributed by atoms with Gasteiger partial charge in [0.05, 0.1) is 17.5 Å². The van der Waals surface area contributed by atoms with Crippen molar-refractivity contribution in [2.24, 2.45) is 0 Å². The highest BCUT2D eigenvalue weighted by atomic mass is 35.5. The van der Waals surface area contributed by atoms with Gasteiger partial charge < -0.3 is 14.7 Å². The lowest BCUT2D eigenvalue weighted by Crippen LogP contribution is -2.22. The number of benzene rings is 1. The highest BCUT2D eigenvalue weighted by Crippen LogP contribution is 2.29. The molecule has 1 aromatic carbocycles. The average molecular weight is 449 g/mol. The standard InChI is InChI=1S/C20H12ClF3N4O3/c21-12-3-1-4-13(8-12)28-16(17-5-2-6-31-17)9-15(27-28)19(30)26-14-7-11(20(22,23)24)10-25-18(14)29/h1-10H,(H,25,29)(H,26,30). The predicted octanol–water partition coefficient (Wildman–Crippen LogP) is 4.75. The Morgan fingerprint density at radius 3 is 2.65 bits per heavy atom. The van der Waals surface area contributed by atoms with E-state index in [9.17, 15) is 22.8 Å². The molecule has 0 fully saturated rings. The van der Waals surface area contributed by atoms with E-state index in [0.29, 0.717) is 34.4 Å². The highest BCUT2D eigenvalue weighted by Gasteiger charge is 2.31. The van der Waals surface area contributed by atoms with Gasteiger partial charge in [-0.05, 0) is 36.4 Å². The molecular formula is C20H12ClF3N4O3. The number of halogens is 4. The first-order chi connectivity index (χ1) is 14.7. The number of nitrogens with zero attached hydrogens (tertiary/aromatic N) is 2. The maximum Gasteiger partial charge on any atom is 0.417 e. The summed E-state index contributed by atoms with van der Waals surface area (Å²) in [5.74, 6) is -0.484. The van der Waals surface area contributed by atoms with E-state index in [2.05, 4.69) is 10.4 Å². The van der Waals surface area contributed by atoms with Gasteiger partial charge in [0.25, 0.3) is 11.5 Å². The van der Waals surface area contributed by atoms with Crippen molar-refractivity contribution in [1.82, 2.24) is 14.8 Å². The van der Waals surface area contributed by atoms with Gasteiger partial charge in [0.15, 0.2) is 11.5 Å². The minimum absolute atomic E-state index is 0.150. The van der Waals surface area contributed by atoms with Crippen LogP contribution in [-0.4, -0.2) is 20.7 Å². The second-order valence-corrected chi connectivity index (χ2v) is 6.80. The number of anilines is 1. The molecule has 0 radical (unpaired) electrons. The number of nitrogens with one attached hydrogen (secondary N) is 2. The third-order valence-electron chi connectivity index (χ3n) is 4.25. The zero-order chi connectivity index (χ0) is 22.2. The number of carbonyl (C=O) groups excluding carboxylic acids is 1. The van der Waals surface area contributed by atoms with Gasteiger partial charge in [-0.15, -0.1) is 0 Å². The Labute approximate surface area is 177 Å². The smallest absolute Gasteiger partial charge is 0.417 e. The van der Waals surface area contributed by atoms with E-state index in [4.69, 9.17) is 16.0 Å². The maximum absolute atomic E-state index is 12.9. The number of pyridine rings is 1. The molecule has 0 aliphatic heterocycles. The van der Waals surface area contributed by atoms with Crippen molar-refractivity contribution in [2.75, 3.05) is 5.32 Å². The molecule has 0 aliphatic carbocycles. The topological polar surface area (TPSA) is 92.9 Å². The first kappa shape index (κ1) is 20.5. The first-order valence-electron chi connectivity index (χ1n) is 8.73. The minimum Gasteiger partial charge on any atom is -0.463 e. The zero-order valence-electron chi connectivity index (χ0n) is 15.4. The van der Waals surface area contributed by atoms with E-state index in [1.807, 2.05) is 4.98 Å². The number of aromatic amines is 1. The summed E-state index contributed by atoms with van der Waals surface area (Å²) in [6, 6.07) is 11.9. The number of H-pyrrole nitrogens is 1. The van der Waals surface area contributed by atoms with Crippen LogP contribution in [0.15, 0.2) is 70.2 Å². The molecule has 3 aromatic heterocycles. The lowest BCUT2D eigenvalue weighted by Gasteiger charge is -2.08. The third kappa shape index (κ3) is 4.24. The van der Waals surface area contributed by atoms with E-state index in [1.54, 1.807) is 36.4 Å². The Kier molecular flexibility index (Phi) is 5.15. The molecule has 0 saturated carbocycles. The summed E-state index contributed by atoms with van der Waals surface area (Å²) in [5, 5.41) is 6.83. The predicted molar refractivity (Wildman–Crippen MR) is 106 cm³/mol. The first-order valence-corrected chi connectivity index (χ1v) is 9.11. The number of hydrogen-bond acceptors (Lipinski definition) is 4. The van der Waals surface area contributed by atoms with Gasteiger partial charge in [0.2, 0.25) is 0 Å². The van der Waals surface area contributed by atoms with Crippen LogP contribution in [-0.2, 0) is 6.18 Å². The fourth-order valence-corrected chi connectivity index (χ4v) is 3.01. The van der Waals surface area contributed by atoms with Crippen LogP contribution in [0.25, 0.3) is 17.1 Å². The minimum atomic E-state index is -4.69. The van der Waals surface area contributed by atoms with Crippen molar-refractivity contribution in [3.8, 4) is 17.1 Å². The lowest BCUT2D eigenvalue weighted by atomic mass is 10.2. The van der Waals surface area contributed by atoms with E-state index in [-0.39, 0.29) is 5.69 Å². The number of hydrogen-bond donors (Lipinski definition) is 2. The maximum atomic E-state index is 12.9. The van der Waals surface area contributed by atoms with Gasteiger partial charge in [0.1, 0.15) is 11.4 Å². The second kappa shape index (κ2) is 7.80. The quantitative estimate of drug-likeness (QED) is 0.471. The van der Waals surface area contributed by atoms with Gasteiger partial charge in [-0.25, -0.2) is 4.68 Å². The number of carbonyl (C=O) groups is 1. The van der Waals surface area contributed by atoms with Crippen molar-refractivity contribution >= 4 is 23.2 Å². The molecule has 2 N–H and O–H groups in total. The molecule has 0 unspecified atom stereocenters. The molecule has 11 heteroatoms. The molecule has 0 saturated heterocycles. The van der Waals surface area contributed by atoms with Gasteiger partial charge in [0, 0.05) is 17.3 Å². The Bertz CT molecular complexity index is 1310. The summed E-state index contributed by atoms with van der Waals surface area (Å²) in [6.45, 7) is 0. The molecule has 31 heavy (non-hydrogen) atoms. The van der Waals surface area contributed by atoms with Crippen LogP contribution in [0.2, 0.25) is 5.02 Å². The SMILES string of the molecule is O=C(Nc1cc(C(F)(F)F)c[nH]c1=O)c1cc(-c2ccco2)n(-c2cccc(Cl)c2)n1. The van der Waals surface area contributed by atoms with Crippen molar-refractivity contribution < 1.29 is 22.4 Å². The molecule has 7 nitrogen and oxygen atoms in total. The normalized spacial score (nSPS) is 11.5. The number of amides is 1. The highest BCUT2D eigenvalue weighted by molar-refractivity contribution is 6.30. The van der Waals surface area contributed by atoms with Crippen molar-refractivity contribution in [3.63, 3.8) is 0 Å². The van der Waals surface area contributed by atoms with E-state index < -0.39 is 28.9 Å².